The van der Waals surface area contributed by atoms with Crippen LogP contribution in [-0.4, -0.2) is 52.7 Å². The minimum atomic E-state index is -0.988. The Morgan fingerprint density at radius 2 is 2.16 bits per heavy atom. The van der Waals surface area contributed by atoms with Crippen molar-refractivity contribution in [1.82, 2.24) is 20.1 Å². The van der Waals surface area contributed by atoms with Crippen molar-refractivity contribution in [1.29, 1.82) is 0 Å². The summed E-state index contributed by atoms with van der Waals surface area (Å²) in [5.41, 5.74) is -0.244. The third-order valence-electron chi connectivity index (χ3n) is 4.55. The highest BCUT2D eigenvalue weighted by Gasteiger charge is 2.22. The largest absolute Gasteiger partial charge is 0.480 e. The van der Waals surface area contributed by atoms with Gasteiger partial charge in [-0.1, -0.05) is 0 Å². The van der Waals surface area contributed by atoms with Gasteiger partial charge in [0, 0.05) is 32.1 Å². The Morgan fingerprint density at radius 3 is 2.80 bits per heavy atom. The van der Waals surface area contributed by atoms with E-state index in [4.69, 9.17) is 9.84 Å². The number of carboxylic acid groups (broad SMARTS) is 1. The fraction of sp³-hybridized carbons (Fsp3) is 0.500. The van der Waals surface area contributed by atoms with E-state index < -0.39 is 6.09 Å². The van der Waals surface area contributed by atoms with E-state index in [0.29, 0.717) is 29.1 Å². The second-order valence-electron chi connectivity index (χ2n) is 6.14. The van der Waals surface area contributed by atoms with Crippen LogP contribution in [0, 0.1) is 5.92 Å². The molecule has 0 aromatic carbocycles. The number of nitrogens with zero attached hydrogens (tertiary/aromatic N) is 4. The summed E-state index contributed by atoms with van der Waals surface area (Å²) >= 11 is 0. The van der Waals surface area contributed by atoms with Gasteiger partial charge in [-0.25, -0.2) is 9.48 Å². The van der Waals surface area contributed by atoms with Gasteiger partial charge in [0.2, 0.25) is 5.88 Å². The summed E-state index contributed by atoms with van der Waals surface area (Å²) in [6, 6.07) is 1.85. The predicted octanol–water partition coefficient (Wildman–Crippen LogP) is 0.821. The van der Waals surface area contributed by atoms with Crippen molar-refractivity contribution in [2.45, 2.75) is 12.8 Å². The molecule has 0 bridgehead atoms. The SMILES string of the molecule is COc1nc(N2CCC(CNC(=O)O)CC2)cc2cnn(C)c(=O)c12. The average molecular weight is 347 g/mol. The normalized spacial score (nSPS) is 15.4. The predicted molar refractivity (Wildman–Crippen MR) is 92.3 cm³/mol. The number of aromatic nitrogens is 3. The molecular formula is C16H21N5O4. The summed E-state index contributed by atoms with van der Waals surface area (Å²) in [5, 5.41) is 16.3. The number of fused-ring (bicyclic) bond motifs is 1. The summed E-state index contributed by atoms with van der Waals surface area (Å²) in [5.74, 6) is 1.36. The highest BCUT2D eigenvalue weighted by molar-refractivity contribution is 5.87. The lowest BCUT2D eigenvalue weighted by Gasteiger charge is -2.33. The number of rotatable bonds is 4. The molecule has 1 saturated heterocycles. The molecule has 0 unspecified atom stereocenters. The number of piperidine rings is 1. The molecule has 9 nitrogen and oxygen atoms in total. The van der Waals surface area contributed by atoms with Crippen molar-refractivity contribution in [3.05, 3.63) is 22.6 Å². The van der Waals surface area contributed by atoms with Gasteiger partial charge in [0.05, 0.1) is 13.3 Å². The van der Waals surface area contributed by atoms with E-state index in [2.05, 4.69) is 20.3 Å². The van der Waals surface area contributed by atoms with Gasteiger partial charge >= 0.3 is 6.09 Å². The maximum absolute atomic E-state index is 12.3. The van der Waals surface area contributed by atoms with E-state index in [1.165, 1.54) is 11.8 Å². The zero-order valence-electron chi connectivity index (χ0n) is 14.2. The first-order valence-electron chi connectivity index (χ1n) is 8.12. The van der Waals surface area contributed by atoms with Gasteiger partial charge in [-0.3, -0.25) is 4.79 Å². The topological polar surface area (TPSA) is 110 Å². The number of amides is 1. The Morgan fingerprint density at radius 1 is 1.44 bits per heavy atom. The Bertz CT molecular complexity index is 842. The molecule has 9 heteroatoms. The maximum Gasteiger partial charge on any atom is 0.404 e. The Kier molecular flexibility index (Phi) is 4.73. The van der Waals surface area contributed by atoms with Crippen LogP contribution in [0.5, 0.6) is 5.88 Å². The summed E-state index contributed by atoms with van der Waals surface area (Å²) in [6.07, 6.45) is 2.39. The Balaban J connectivity index is 1.82. The molecule has 2 aromatic rings. The van der Waals surface area contributed by atoms with Crippen LogP contribution in [0.3, 0.4) is 0 Å². The van der Waals surface area contributed by atoms with E-state index in [1.54, 1.807) is 13.2 Å². The van der Waals surface area contributed by atoms with E-state index >= 15 is 0 Å². The molecule has 0 atom stereocenters. The fourth-order valence-electron chi connectivity index (χ4n) is 3.11. The summed E-state index contributed by atoms with van der Waals surface area (Å²) in [4.78, 5) is 29.5. The van der Waals surface area contributed by atoms with Crippen molar-refractivity contribution < 1.29 is 14.6 Å². The standard InChI is InChI=1S/C16H21N5O4/c1-20-15(22)13-11(9-18-20)7-12(19-14(13)25-2)21-5-3-10(4-6-21)8-17-16(23)24/h7,9-10,17H,3-6,8H2,1-2H3,(H,23,24). The van der Waals surface area contributed by atoms with E-state index in [-0.39, 0.29) is 5.56 Å². The minimum absolute atomic E-state index is 0.244. The molecular weight excluding hydrogens is 326 g/mol. The van der Waals surface area contributed by atoms with Crippen molar-refractivity contribution in [3.63, 3.8) is 0 Å². The van der Waals surface area contributed by atoms with Crippen LogP contribution in [0.1, 0.15) is 12.8 Å². The van der Waals surface area contributed by atoms with Gasteiger partial charge in [-0.15, -0.1) is 0 Å². The van der Waals surface area contributed by atoms with Crippen LogP contribution in [0.25, 0.3) is 10.8 Å². The summed E-state index contributed by atoms with van der Waals surface area (Å²) < 4.78 is 6.58. The van der Waals surface area contributed by atoms with Crippen LogP contribution < -0.4 is 20.5 Å². The van der Waals surface area contributed by atoms with Gasteiger partial charge in [0.15, 0.2) is 0 Å². The quantitative estimate of drug-likeness (QED) is 0.842. The molecule has 1 aliphatic heterocycles. The molecule has 1 fully saturated rings. The molecule has 0 saturated carbocycles. The lowest BCUT2D eigenvalue weighted by molar-refractivity contribution is 0.191. The van der Waals surface area contributed by atoms with Crippen LogP contribution in [0.15, 0.2) is 17.1 Å². The van der Waals surface area contributed by atoms with Crippen LogP contribution >= 0.6 is 0 Å². The first-order chi connectivity index (χ1) is 12.0. The van der Waals surface area contributed by atoms with Gasteiger partial charge in [0.25, 0.3) is 5.56 Å². The number of anilines is 1. The minimum Gasteiger partial charge on any atom is -0.480 e. The van der Waals surface area contributed by atoms with E-state index in [9.17, 15) is 9.59 Å². The maximum atomic E-state index is 12.3. The van der Waals surface area contributed by atoms with Crippen molar-refractivity contribution in [3.8, 4) is 5.88 Å². The zero-order valence-corrected chi connectivity index (χ0v) is 14.2. The molecule has 1 amide bonds. The molecule has 3 rings (SSSR count). The van der Waals surface area contributed by atoms with Crippen molar-refractivity contribution >= 4 is 22.7 Å². The van der Waals surface area contributed by atoms with Crippen molar-refractivity contribution in [2.75, 3.05) is 31.6 Å². The zero-order chi connectivity index (χ0) is 18.0. The molecule has 0 spiro atoms. The number of pyridine rings is 1. The van der Waals surface area contributed by atoms with Gasteiger partial charge in [0.1, 0.15) is 11.2 Å². The third kappa shape index (κ3) is 3.49. The molecule has 134 valence electrons. The highest BCUT2D eigenvalue weighted by Crippen LogP contribution is 2.28. The number of carbonyl (C=O) groups is 1. The average Bonchev–Trinajstić information content (AvgIpc) is 2.62. The van der Waals surface area contributed by atoms with Crippen LogP contribution in [-0.2, 0) is 7.05 Å². The molecule has 0 aliphatic carbocycles. The first-order valence-corrected chi connectivity index (χ1v) is 8.12. The smallest absolute Gasteiger partial charge is 0.404 e. The number of aryl methyl sites for hydroxylation is 1. The Labute approximate surface area is 144 Å². The van der Waals surface area contributed by atoms with E-state index in [0.717, 1.165) is 31.7 Å². The number of ether oxygens (including phenoxy) is 1. The number of hydrogen-bond acceptors (Lipinski definition) is 6. The summed E-state index contributed by atoms with van der Waals surface area (Å²) in [7, 11) is 3.08. The Hall–Kier alpha value is -2.84. The lowest BCUT2D eigenvalue weighted by atomic mass is 9.97. The van der Waals surface area contributed by atoms with Gasteiger partial charge in [-0.05, 0) is 24.8 Å². The van der Waals surface area contributed by atoms with Gasteiger partial charge in [-0.2, -0.15) is 10.1 Å². The van der Waals surface area contributed by atoms with Crippen molar-refractivity contribution in [2.24, 2.45) is 13.0 Å². The number of hydrogen-bond donors (Lipinski definition) is 2. The van der Waals surface area contributed by atoms with Gasteiger partial charge < -0.3 is 20.1 Å². The second kappa shape index (κ2) is 6.96. The highest BCUT2D eigenvalue weighted by atomic mass is 16.5. The number of methoxy groups -OCH3 is 1. The number of nitrogens with one attached hydrogen (secondary N) is 1. The molecule has 2 N–H and O–H groups in total. The lowest BCUT2D eigenvalue weighted by Crippen LogP contribution is -2.38. The molecule has 2 aromatic heterocycles. The molecule has 0 radical (unpaired) electrons. The summed E-state index contributed by atoms with van der Waals surface area (Å²) in [6.45, 7) is 2.01. The molecule has 25 heavy (non-hydrogen) atoms. The van der Waals surface area contributed by atoms with Crippen LogP contribution in [0.2, 0.25) is 0 Å². The van der Waals surface area contributed by atoms with E-state index in [1.807, 2.05) is 6.07 Å². The fourth-order valence-corrected chi connectivity index (χ4v) is 3.11. The molecule has 1 aliphatic rings. The monoisotopic (exact) mass is 347 g/mol. The van der Waals surface area contributed by atoms with Crippen LogP contribution in [0.4, 0.5) is 10.6 Å². The first kappa shape index (κ1) is 17.0. The second-order valence-corrected chi connectivity index (χ2v) is 6.14. The molecule has 3 heterocycles. The third-order valence-corrected chi connectivity index (χ3v) is 4.55.